The summed E-state index contributed by atoms with van der Waals surface area (Å²) in [5.41, 5.74) is 1.34. The molecule has 0 saturated heterocycles. The van der Waals surface area contributed by atoms with Crippen molar-refractivity contribution >= 4 is 34.9 Å². The molecule has 0 bridgehead atoms. The number of benzene rings is 2. The number of ether oxygens (including phenoxy) is 1. The SMILES string of the molecule is C[C@@H](OC(=O)c1ccccc1NCCO)C(=O)Nc1cccc(Cl)c1. The first-order valence-electron chi connectivity index (χ1n) is 7.72. The van der Waals surface area contributed by atoms with Crippen molar-refractivity contribution in [3.8, 4) is 0 Å². The van der Waals surface area contributed by atoms with Gasteiger partial charge in [0.15, 0.2) is 6.10 Å². The molecule has 3 N–H and O–H groups in total. The minimum Gasteiger partial charge on any atom is -0.449 e. The Morgan fingerprint density at radius 2 is 1.96 bits per heavy atom. The van der Waals surface area contributed by atoms with Crippen LogP contribution in [0.4, 0.5) is 11.4 Å². The molecular weight excluding hydrogens is 344 g/mol. The predicted molar refractivity (Wildman–Crippen MR) is 97.0 cm³/mol. The highest BCUT2D eigenvalue weighted by atomic mass is 35.5. The Morgan fingerprint density at radius 1 is 1.20 bits per heavy atom. The van der Waals surface area contributed by atoms with Crippen LogP contribution in [0.3, 0.4) is 0 Å². The Hall–Kier alpha value is -2.57. The molecule has 0 heterocycles. The van der Waals surface area contributed by atoms with E-state index in [-0.39, 0.29) is 6.61 Å². The van der Waals surface area contributed by atoms with Gasteiger partial charge in [0.05, 0.1) is 12.2 Å². The zero-order chi connectivity index (χ0) is 18.2. The van der Waals surface area contributed by atoms with Crippen molar-refractivity contribution in [1.82, 2.24) is 0 Å². The molecule has 0 spiro atoms. The summed E-state index contributed by atoms with van der Waals surface area (Å²) in [5.74, 6) is -1.09. The maximum absolute atomic E-state index is 12.3. The molecule has 6 nitrogen and oxygen atoms in total. The normalized spacial score (nSPS) is 11.5. The largest absolute Gasteiger partial charge is 0.449 e. The first-order valence-corrected chi connectivity index (χ1v) is 8.10. The highest BCUT2D eigenvalue weighted by Crippen LogP contribution is 2.18. The first kappa shape index (κ1) is 18.8. The van der Waals surface area contributed by atoms with Gasteiger partial charge in [0.25, 0.3) is 5.91 Å². The maximum atomic E-state index is 12.3. The van der Waals surface area contributed by atoms with E-state index in [1.54, 1.807) is 48.5 Å². The quantitative estimate of drug-likeness (QED) is 0.659. The number of nitrogens with one attached hydrogen (secondary N) is 2. The van der Waals surface area contributed by atoms with Crippen molar-refractivity contribution < 1.29 is 19.4 Å². The number of aliphatic hydroxyl groups excluding tert-OH is 1. The number of hydrogen-bond donors (Lipinski definition) is 3. The third-order valence-electron chi connectivity index (χ3n) is 3.32. The van der Waals surface area contributed by atoms with Gasteiger partial charge >= 0.3 is 5.97 Å². The Morgan fingerprint density at radius 3 is 2.68 bits per heavy atom. The zero-order valence-corrected chi connectivity index (χ0v) is 14.4. The van der Waals surface area contributed by atoms with Crippen molar-refractivity contribution in [3.63, 3.8) is 0 Å². The molecule has 2 aromatic carbocycles. The number of anilines is 2. The van der Waals surface area contributed by atoms with E-state index in [9.17, 15) is 9.59 Å². The summed E-state index contributed by atoms with van der Waals surface area (Å²) >= 11 is 5.87. The van der Waals surface area contributed by atoms with Crippen LogP contribution in [0.1, 0.15) is 17.3 Å². The third kappa shape index (κ3) is 5.48. The second-order valence-electron chi connectivity index (χ2n) is 5.24. The molecule has 1 atom stereocenters. The molecule has 1 amide bonds. The summed E-state index contributed by atoms with van der Waals surface area (Å²) in [6, 6.07) is 13.4. The molecule has 2 aromatic rings. The van der Waals surface area contributed by atoms with E-state index in [0.717, 1.165) is 0 Å². The molecule has 0 saturated carbocycles. The molecule has 25 heavy (non-hydrogen) atoms. The van der Waals surface area contributed by atoms with Crippen molar-refractivity contribution in [2.24, 2.45) is 0 Å². The van der Waals surface area contributed by atoms with Crippen LogP contribution in [0.25, 0.3) is 0 Å². The van der Waals surface area contributed by atoms with Gasteiger partial charge in [-0.3, -0.25) is 4.79 Å². The molecule has 0 radical (unpaired) electrons. The second kappa shape index (κ2) is 9.05. The van der Waals surface area contributed by atoms with Gasteiger partial charge in [-0.05, 0) is 37.3 Å². The highest BCUT2D eigenvalue weighted by molar-refractivity contribution is 6.30. The number of carbonyl (C=O) groups is 2. The monoisotopic (exact) mass is 362 g/mol. The molecule has 132 valence electrons. The number of rotatable bonds is 7. The summed E-state index contributed by atoms with van der Waals surface area (Å²) < 4.78 is 5.23. The van der Waals surface area contributed by atoms with E-state index < -0.39 is 18.0 Å². The van der Waals surface area contributed by atoms with Crippen LogP contribution in [-0.4, -0.2) is 36.2 Å². The number of hydrogen-bond acceptors (Lipinski definition) is 5. The van der Waals surface area contributed by atoms with Crippen molar-refractivity contribution in [2.45, 2.75) is 13.0 Å². The van der Waals surface area contributed by atoms with Crippen LogP contribution in [0.15, 0.2) is 48.5 Å². The van der Waals surface area contributed by atoms with Gasteiger partial charge in [-0.1, -0.05) is 29.8 Å². The maximum Gasteiger partial charge on any atom is 0.341 e. The highest BCUT2D eigenvalue weighted by Gasteiger charge is 2.20. The second-order valence-corrected chi connectivity index (χ2v) is 5.68. The summed E-state index contributed by atoms with van der Waals surface area (Å²) in [5, 5.41) is 15.0. The Balaban J connectivity index is 2.01. The van der Waals surface area contributed by atoms with Gasteiger partial charge in [0.1, 0.15) is 0 Å². The third-order valence-corrected chi connectivity index (χ3v) is 3.55. The number of amides is 1. The predicted octanol–water partition coefficient (Wildman–Crippen LogP) is 2.93. The van der Waals surface area contributed by atoms with Gasteiger partial charge < -0.3 is 20.5 Å². The first-order chi connectivity index (χ1) is 12.0. The van der Waals surface area contributed by atoms with Gasteiger partial charge in [-0.2, -0.15) is 0 Å². The van der Waals surface area contributed by atoms with E-state index in [4.69, 9.17) is 21.4 Å². The fourth-order valence-electron chi connectivity index (χ4n) is 2.09. The lowest BCUT2D eigenvalue weighted by atomic mass is 10.1. The van der Waals surface area contributed by atoms with Crippen LogP contribution in [0.5, 0.6) is 0 Å². The molecule has 0 aliphatic heterocycles. The zero-order valence-electron chi connectivity index (χ0n) is 13.7. The molecular formula is C18H19ClN2O4. The molecule has 2 rings (SSSR count). The molecule has 0 unspecified atom stereocenters. The van der Waals surface area contributed by atoms with Gasteiger partial charge in [-0.25, -0.2) is 4.79 Å². The van der Waals surface area contributed by atoms with Crippen LogP contribution in [0, 0.1) is 0 Å². The molecule has 0 fully saturated rings. The molecule has 0 aromatic heterocycles. The van der Waals surface area contributed by atoms with E-state index in [2.05, 4.69) is 10.6 Å². The van der Waals surface area contributed by atoms with Gasteiger partial charge in [0.2, 0.25) is 0 Å². The van der Waals surface area contributed by atoms with E-state index in [0.29, 0.717) is 28.5 Å². The van der Waals surface area contributed by atoms with Crippen molar-refractivity contribution in [2.75, 3.05) is 23.8 Å². The lowest BCUT2D eigenvalue weighted by molar-refractivity contribution is -0.123. The van der Waals surface area contributed by atoms with Gasteiger partial charge in [0, 0.05) is 22.9 Å². The Kier molecular flexibility index (Phi) is 6.80. The summed E-state index contributed by atoms with van der Waals surface area (Å²) in [6.45, 7) is 1.72. The van der Waals surface area contributed by atoms with Gasteiger partial charge in [-0.15, -0.1) is 0 Å². The number of para-hydroxylation sites is 1. The summed E-state index contributed by atoms with van der Waals surface area (Å²) in [7, 11) is 0. The number of carbonyl (C=O) groups excluding carboxylic acids is 2. The standard InChI is InChI=1S/C18H19ClN2O4/c1-12(17(23)21-14-6-4-5-13(19)11-14)25-18(24)15-7-2-3-8-16(15)20-9-10-22/h2-8,11-12,20,22H,9-10H2,1H3,(H,21,23)/t12-/m1/s1. The smallest absolute Gasteiger partial charge is 0.341 e. The molecule has 0 aliphatic carbocycles. The van der Waals surface area contributed by atoms with Crippen LogP contribution >= 0.6 is 11.6 Å². The summed E-state index contributed by atoms with van der Waals surface area (Å²) in [6.07, 6.45) is -0.989. The van der Waals surface area contributed by atoms with E-state index >= 15 is 0 Å². The van der Waals surface area contributed by atoms with E-state index in [1.165, 1.54) is 6.92 Å². The topological polar surface area (TPSA) is 87.7 Å². The fourth-order valence-corrected chi connectivity index (χ4v) is 2.28. The molecule has 7 heteroatoms. The number of esters is 1. The van der Waals surface area contributed by atoms with E-state index in [1.807, 2.05) is 0 Å². The van der Waals surface area contributed by atoms with Crippen molar-refractivity contribution in [3.05, 3.63) is 59.1 Å². The average molecular weight is 363 g/mol. The van der Waals surface area contributed by atoms with Crippen molar-refractivity contribution in [1.29, 1.82) is 0 Å². The fraction of sp³-hybridized carbons (Fsp3) is 0.222. The molecule has 0 aliphatic rings. The lowest BCUT2D eigenvalue weighted by Crippen LogP contribution is -2.30. The number of halogens is 1. The average Bonchev–Trinajstić information content (AvgIpc) is 2.60. The lowest BCUT2D eigenvalue weighted by Gasteiger charge is -2.15. The minimum absolute atomic E-state index is 0.0676. The minimum atomic E-state index is -0.989. The Labute approximate surface area is 150 Å². The number of aliphatic hydroxyl groups is 1. The van der Waals surface area contributed by atoms with Crippen LogP contribution in [-0.2, 0) is 9.53 Å². The summed E-state index contributed by atoms with van der Waals surface area (Å²) in [4.78, 5) is 24.5. The van der Waals surface area contributed by atoms with Crippen LogP contribution in [0.2, 0.25) is 5.02 Å². The Bertz CT molecular complexity index is 751. The van der Waals surface area contributed by atoms with Crippen LogP contribution < -0.4 is 10.6 Å².